The lowest BCUT2D eigenvalue weighted by molar-refractivity contribution is -0.121. The van der Waals surface area contributed by atoms with Crippen LogP contribution in [0, 0.1) is 6.92 Å². The SMILES string of the molecule is CCCCOCCCNC(=O)CCc1c(C)c2ccc(OC)cc2oc1=O. The van der Waals surface area contributed by atoms with Crippen LogP contribution in [0.25, 0.3) is 11.0 Å². The van der Waals surface area contributed by atoms with Gasteiger partial charge in [0.15, 0.2) is 0 Å². The predicted molar refractivity (Wildman–Crippen MR) is 105 cm³/mol. The van der Waals surface area contributed by atoms with Crippen LogP contribution in [-0.4, -0.2) is 32.8 Å². The Hall–Kier alpha value is -2.34. The Balaban J connectivity index is 1.87. The molecule has 0 aliphatic carbocycles. The van der Waals surface area contributed by atoms with Crippen molar-refractivity contribution in [1.82, 2.24) is 5.32 Å². The number of unbranched alkanes of at least 4 members (excludes halogenated alkanes) is 1. The number of rotatable bonds is 11. The van der Waals surface area contributed by atoms with Gasteiger partial charge in [-0.15, -0.1) is 0 Å². The second-order valence-corrected chi connectivity index (χ2v) is 6.52. The van der Waals surface area contributed by atoms with Crippen LogP contribution in [0.3, 0.4) is 0 Å². The van der Waals surface area contributed by atoms with Gasteiger partial charge in [-0.1, -0.05) is 13.3 Å². The first kappa shape index (κ1) is 21.0. The van der Waals surface area contributed by atoms with Gasteiger partial charge in [0.05, 0.1) is 7.11 Å². The molecule has 0 spiro atoms. The van der Waals surface area contributed by atoms with Crippen LogP contribution >= 0.6 is 0 Å². The lowest BCUT2D eigenvalue weighted by Gasteiger charge is -2.09. The Morgan fingerprint density at radius 3 is 2.74 bits per heavy atom. The molecule has 2 rings (SSSR count). The summed E-state index contributed by atoms with van der Waals surface area (Å²) in [7, 11) is 1.57. The Kier molecular flexibility index (Phi) is 8.33. The molecule has 0 radical (unpaired) electrons. The Morgan fingerprint density at radius 2 is 2.00 bits per heavy atom. The quantitative estimate of drug-likeness (QED) is 0.481. The van der Waals surface area contributed by atoms with Crippen molar-refractivity contribution in [3.63, 3.8) is 0 Å². The summed E-state index contributed by atoms with van der Waals surface area (Å²) in [6, 6.07) is 5.39. The average Bonchev–Trinajstić information content (AvgIpc) is 2.66. The monoisotopic (exact) mass is 375 g/mol. The molecule has 0 saturated heterocycles. The minimum Gasteiger partial charge on any atom is -0.497 e. The van der Waals surface area contributed by atoms with Gasteiger partial charge in [-0.25, -0.2) is 4.79 Å². The molecule has 1 N–H and O–H groups in total. The fourth-order valence-electron chi connectivity index (χ4n) is 2.87. The number of amides is 1. The molecule has 1 heterocycles. The number of hydrogen-bond donors (Lipinski definition) is 1. The number of fused-ring (bicyclic) bond motifs is 1. The van der Waals surface area contributed by atoms with E-state index in [2.05, 4.69) is 12.2 Å². The fraction of sp³-hybridized carbons (Fsp3) is 0.524. The van der Waals surface area contributed by atoms with Crippen molar-refractivity contribution >= 4 is 16.9 Å². The number of hydrogen-bond acceptors (Lipinski definition) is 5. The highest BCUT2D eigenvalue weighted by Crippen LogP contribution is 2.24. The highest BCUT2D eigenvalue weighted by atomic mass is 16.5. The highest BCUT2D eigenvalue weighted by molar-refractivity contribution is 5.82. The minimum absolute atomic E-state index is 0.0720. The summed E-state index contributed by atoms with van der Waals surface area (Å²) in [6.45, 7) is 6.01. The van der Waals surface area contributed by atoms with Gasteiger partial charge in [-0.3, -0.25) is 4.79 Å². The van der Waals surface area contributed by atoms with Gasteiger partial charge < -0.3 is 19.2 Å². The van der Waals surface area contributed by atoms with Gasteiger partial charge in [0.1, 0.15) is 11.3 Å². The van der Waals surface area contributed by atoms with Gasteiger partial charge in [0, 0.05) is 43.2 Å². The van der Waals surface area contributed by atoms with Crippen LogP contribution in [-0.2, 0) is 16.0 Å². The maximum atomic E-state index is 12.3. The van der Waals surface area contributed by atoms with Crippen LogP contribution in [0.2, 0.25) is 0 Å². The molecule has 148 valence electrons. The first-order valence-electron chi connectivity index (χ1n) is 9.51. The largest absolute Gasteiger partial charge is 0.497 e. The summed E-state index contributed by atoms with van der Waals surface area (Å²) >= 11 is 0. The van der Waals surface area contributed by atoms with Crippen molar-refractivity contribution in [3.8, 4) is 5.75 Å². The van der Waals surface area contributed by atoms with Crippen LogP contribution < -0.4 is 15.7 Å². The van der Waals surface area contributed by atoms with Crippen molar-refractivity contribution in [2.45, 2.75) is 46.0 Å². The van der Waals surface area contributed by atoms with E-state index >= 15 is 0 Å². The molecule has 0 aliphatic rings. The maximum Gasteiger partial charge on any atom is 0.339 e. The highest BCUT2D eigenvalue weighted by Gasteiger charge is 2.13. The number of ether oxygens (including phenoxy) is 2. The molecule has 0 fully saturated rings. The van der Waals surface area contributed by atoms with E-state index < -0.39 is 5.63 Å². The molecular weight excluding hydrogens is 346 g/mol. The number of methoxy groups -OCH3 is 1. The standard InChI is InChI=1S/C21H29NO5/c1-4-5-12-26-13-6-11-22-20(23)10-9-18-15(2)17-8-7-16(25-3)14-19(17)27-21(18)24/h7-8,14H,4-6,9-13H2,1-3H3,(H,22,23). The second-order valence-electron chi connectivity index (χ2n) is 6.52. The van der Waals surface area contributed by atoms with Crippen molar-refractivity contribution in [1.29, 1.82) is 0 Å². The zero-order valence-corrected chi connectivity index (χ0v) is 16.4. The third-order valence-electron chi connectivity index (χ3n) is 4.53. The van der Waals surface area contributed by atoms with Crippen LogP contribution in [0.1, 0.15) is 43.7 Å². The zero-order valence-electron chi connectivity index (χ0n) is 16.4. The summed E-state index contributed by atoms with van der Waals surface area (Å²) in [5.74, 6) is 0.563. The van der Waals surface area contributed by atoms with Gasteiger partial charge in [-0.05, 0) is 43.9 Å². The normalized spacial score (nSPS) is 10.9. The Labute approximate surface area is 159 Å². The minimum atomic E-state index is -0.398. The van der Waals surface area contributed by atoms with Crippen molar-refractivity contribution < 1.29 is 18.7 Å². The molecule has 0 bridgehead atoms. The van der Waals surface area contributed by atoms with Crippen LogP contribution in [0.4, 0.5) is 0 Å². The van der Waals surface area contributed by atoms with Gasteiger partial charge in [0.25, 0.3) is 0 Å². The number of carbonyl (C=O) groups excluding carboxylic acids is 1. The third kappa shape index (κ3) is 6.10. The van der Waals surface area contributed by atoms with E-state index in [0.717, 1.165) is 36.8 Å². The molecule has 0 saturated carbocycles. The molecule has 1 amide bonds. The van der Waals surface area contributed by atoms with Gasteiger partial charge in [0.2, 0.25) is 5.91 Å². The van der Waals surface area contributed by atoms with Gasteiger partial charge >= 0.3 is 5.63 Å². The second kappa shape index (κ2) is 10.7. The molecular formula is C21H29NO5. The van der Waals surface area contributed by atoms with Crippen LogP contribution in [0.15, 0.2) is 27.4 Å². The number of nitrogens with one attached hydrogen (secondary N) is 1. The van der Waals surface area contributed by atoms with E-state index in [1.54, 1.807) is 13.2 Å². The van der Waals surface area contributed by atoms with E-state index in [0.29, 0.717) is 36.5 Å². The average molecular weight is 375 g/mol. The number of benzene rings is 1. The molecule has 6 heteroatoms. The lowest BCUT2D eigenvalue weighted by atomic mass is 10.0. The topological polar surface area (TPSA) is 77.8 Å². The molecule has 2 aromatic rings. The summed E-state index contributed by atoms with van der Waals surface area (Å²) in [6.07, 6.45) is 3.58. The van der Waals surface area contributed by atoms with E-state index in [1.165, 1.54) is 0 Å². The maximum absolute atomic E-state index is 12.3. The van der Waals surface area contributed by atoms with E-state index in [4.69, 9.17) is 13.9 Å². The zero-order chi connectivity index (χ0) is 19.6. The van der Waals surface area contributed by atoms with Crippen molar-refractivity contribution in [2.75, 3.05) is 26.9 Å². The summed E-state index contributed by atoms with van der Waals surface area (Å²) in [4.78, 5) is 24.3. The predicted octanol–water partition coefficient (Wildman–Crippen LogP) is 3.37. The molecule has 0 unspecified atom stereocenters. The smallest absolute Gasteiger partial charge is 0.339 e. The summed E-state index contributed by atoms with van der Waals surface area (Å²) in [5, 5.41) is 3.72. The first-order valence-corrected chi connectivity index (χ1v) is 9.51. The van der Waals surface area contributed by atoms with Gasteiger partial charge in [-0.2, -0.15) is 0 Å². The molecule has 1 aromatic carbocycles. The lowest BCUT2D eigenvalue weighted by Crippen LogP contribution is -2.26. The number of carbonyl (C=O) groups is 1. The summed E-state index contributed by atoms with van der Waals surface area (Å²) in [5.41, 5.74) is 1.49. The van der Waals surface area contributed by atoms with Crippen LogP contribution in [0.5, 0.6) is 5.75 Å². The molecule has 1 aromatic heterocycles. The van der Waals surface area contributed by atoms with E-state index in [9.17, 15) is 9.59 Å². The van der Waals surface area contributed by atoms with E-state index in [1.807, 2.05) is 19.1 Å². The molecule has 0 atom stereocenters. The Bertz CT molecular complexity index is 812. The number of aryl methyl sites for hydroxylation is 1. The third-order valence-corrected chi connectivity index (χ3v) is 4.53. The molecule has 27 heavy (non-hydrogen) atoms. The summed E-state index contributed by atoms with van der Waals surface area (Å²) < 4.78 is 16.0. The Morgan fingerprint density at radius 1 is 1.22 bits per heavy atom. The van der Waals surface area contributed by atoms with E-state index in [-0.39, 0.29) is 12.3 Å². The molecule has 6 nitrogen and oxygen atoms in total. The fourth-order valence-corrected chi connectivity index (χ4v) is 2.87. The molecule has 0 aliphatic heterocycles. The van der Waals surface area contributed by atoms with Crippen molar-refractivity contribution in [3.05, 3.63) is 39.7 Å². The first-order chi connectivity index (χ1) is 13.1. The van der Waals surface area contributed by atoms with Crippen molar-refractivity contribution in [2.24, 2.45) is 0 Å².